The molecule has 1 saturated carbocycles. The van der Waals surface area contributed by atoms with Crippen LogP contribution in [-0.4, -0.2) is 31.9 Å². The van der Waals surface area contributed by atoms with Gasteiger partial charge >= 0.3 is 0 Å². The highest BCUT2D eigenvalue weighted by molar-refractivity contribution is 9.10. The van der Waals surface area contributed by atoms with Crippen molar-refractivity contribution < 1.29 is 0 Å². The van der Waals surface area contributed by atoms with Crippen LogP contribution in [0.5, 0.6) is 0 Å². The Labute approximate surface area is 125 Å². The molecule has 0 spiro atoms. The van der Waals surface area contributed by atoms with Crippen LogP contribution in [-0.2, 0) is 0 Å². The Bertz CT molecular complexity index is 571. The van der Waals surface area contributed by atoms with Crippen molar-refractivity contribution in [3.05, 3.63) is 23.2 Å². The minimum Gasteiger partial charge on any atom is -0.363 e. The Kier molecular flexibility index (Phi) is 3.98. The topological polar surface area (TPSA) is 42.2 Å². The summed E-state index contributed by atoms with van der Waals surface area (Å²) < 4.78 is 2.83. The average molecular weight is 341 g/mol. The number of fused-ring (bicyclic) bond motifs is 1. The zero-order chi connectivity index (χ0) is 13.2. The second kappa shape index (κ2) is 5.71. The Morgan fingerprint density at radius 2 is 2.26 bits per heavy atom. The van der Waals surface area contributed by atoms with E-state index in [0.717, 1.165) is 16.1 Å². The highest BCUT2D eigenvalue weighted by atomic mass is 79.9. The number of nitrogens with one attached hydrogen (secondary N) is 1. The lowest BCUT2D eigenvalue weighted by molar-refractivity contribution is 0.474. The maximum absolute atomic E-state index is 4.55. The summed E-state index contributed by atoms with van der Waals surface area (Å²) in [4.78, 5) is 8.94. The third-order valence-electron chi connectivity index (χ3n) is 3.67. The number of nitrogens with zero attached hydrogens (tertiary/aromatic N) is 3. The molecule has 2 heterocycles. The number of hydrogen-bond donors (Lipinski definition) is 1. The van der Waals surface area contributed by atoms with Crippen molar-refractivity contribution in [2.45, 2.75) is 37.0 Å². The molecule has 2 atom stereocenters. The van der Waals surface area contributed by atoms with Crippen LogP contribution >= 0.6 is 27.7 Å². The standard InChI is InChI=1S/C13H17BrN4S/c1-19-10-5-3-2-4-9(10)16-12-13-15-6-7-18(13)8-11(14)17-12/h6-10H,2-5H2,1H3,(H,16,17). The van der Waals surface area contributed by atoms with Crippen LogP contribution in [0.3, 0.4) is 0 Å². The lowest BCUT2D eigenvalue weighted by atomic mass is 9.95. The Balaban J connectivity index is 1.89. The summed E-state index contributed by atoms with van der Waals surface area (Å²) in [5.74, 6) is 0.880. The summed E-state index contributed by atoms with van der Waals surface area (Å²) in [5, 5.41) is 4.28. The zero-order valence-corrected chi connectivity index (χ0v) is 13.2. The highest BCUT2D eigenvalue weighted by Gasteiger charge is 2.25. The number of aromatic nitrogens is 3. The van der Waals surface area contributed by atoms with Gasteiger partial charge in [-0.05, 0) is 35.0 Å². The molecule has 0 saturated heterocycles. The molecular formula is C13H17BrN4S. The van der Waals surface area contributed by atoms with Crippen molar-refractivity contribution >= 4 is 39.2 Å². The van der Waals surface area contributed by atoms with Crippen molar-refractivity contribution in [1.29, 1.82) is 0 Å². The summed E-state index contributed by atoms with van der Waals surface area (Å²) in [5.41, 5.74) is 0.897. The SMILES string of the molecule is CSC1CCCCC1Nc1nc(Br)cn2ccnc12. The molecule has 1 aliphatic carbocycles. The predicted molar refractivity (Wildman–Crippen MR) is 83.9 cm³/mol. The van der Waals surface area contributed by atoms with Gasteiger partial charge in [0.25, 0.3) is 0 Å². The first-order chi connectivity index (χ1) is 9.28. The smallest absolute Gasteiger partial charge is 0.180 e. The molecular weight excluding hydrogens is 324 g/mol. The lowest BCUT2D eigenvalue weighted by Gasteiger charge is -2.31. The van der Waals surface area contributed by atoms with Gasteiger partial charge in [0.1, 0.15) is 4.60 Å². The number of hydrogen-bond acceptors (Lipinski definition) is 4. The normalized spacial score (nSPS) is 23.7. The number of imidazole rings is 1. The van der Waals surface area contributed by atoms with Crippen molar-refractivity contribution in [3.8, 4) is 0 Å². The van der Waals surface area contributed by atoms with Gasteiger partial charge in [0.2, 0.25) is 0 Å². The highest BCUT2D eigenvalue weighted by Crippen LogP contribution is 2.30. The van der Waals surface area contributed by atoms with Crippen LogP contribution < -0.4 is 5.32 Å². The maximum Gasteiger partial charge on any atom is 0.180 e. The van der Waals surface area contributed by atoms with Gasteiger partial charge in [0.05, 0.1) is 0 Å². The fraction of sp³-hybridized carbons (Fsp3) is 0.538. The van der Waals surface area contributed by atoms with Crippen molar-refractivity contribution in [2.24, 2.45) is 0 Å². The molecule has 0 aliphatic heterocycles. The molecule has 4 nitrogen and oxygen atoms in total. The van der Waals surface area contributed by atoms with E-state index in [1.165, 1.54) is 25.7 Å². The summed E-state index contributed by atoms with van der Waals surface area (Å²) >= 11 is 5.42. The quantitative estimate of drug-likeness (QED) is 0.927. The Morgan fingerprint density at radius 3 is 3.11 bits per heavy atom. The largest absolute Gasteiger partial charge is 0.363 e. The molecule has 6 heteroatoms. The van der Waals surface area contributed by atoms with Crippen LogP contribution in [0.15, 0.2) is 23.2 Å². The third-order valence-corrected chi connectivity index (χ3v) is 5.22. The molecule has 2 unspecified atom stereocenters. The number of halogens is 1. The van der Waals surface area contributed by atoms with Gasteiger partial charge in [-0.15, -0.1) is 0 Å². The molecule has 2 aromatic rings. The third kappa shape index (κ3) is 2.74. The van der Waals surface area contributed by atoms with E-state index in [4.69, 9.17) is 0 Å². The average Bonchev–Trinajstić information content (AvgIpc) is 2.87. The van der Waals surface area contributed by atoms with Crippen LogP contribution in [0.1, 0.15) is 25.7 Å². The van der Waals surface area contributed by atoms with Crippen LogP contribution in [0.2, 0.25) is 0 Å². The molecule has 0 radical (unpaired) electrons. The van der Waals surface area contributed by atoms with Crippen molar-refractivity contribution in [1.82, 2.24) is 14.4 Å². The molecule has 0 aromatic carbocycles. The first-order valence-corrected chi connectivity index (χ1v) is 8.64. The molecule has 3 rings (SSSR count). The summed E-state index contributed by atoms with van der Waals surface area (Å²) in [7, 11) is 0. The summed E-state index contributed by atoms with van der Waals surface area (Å²) in [6.07, 6.45) is 13.0. The van der Waals surface area contributed by atoms with E-state index in [2.05, 4.69) is 37.5 Å². The zero-order valence-electron chi connectivity index (χ0n) is 10.8. The predicted octanol–water partition coefficient (Wildman–Crippen LogP) is 3.58. The summed E-state index contributed by atoms with van der Waals surface area (Å²) in [6.45, 7) is 0. The van der Waals surface area contributed by atoms with Gasteiger partial charge in [-0.25, -0.2) is 9.97 Å². The Hall–Kier alpha value is -0.750. The summed E-state index contributed by atoms with van der Waals surface area (Å²) in [6, 6.07) is 0.492. The lowest BCUT2D eigenvalue weighted by Crippen LogP contribution is -2.34. The maximum atomic E-state index is 4.55. The van der Waals surface area contributed by atoms with Gasteiger partial charge in [0, 0.05) is 29.9 Å². The van der Waals surface area contributed by atoms with E-state index in [1.54, 1.807) is 0 Å². The van der Waals surface area contributed by atoms with E-state index in [0.29, 0.717) is 11.3 Å². The molecule has 2 aromatic heterocycles. The van der Waals surface area contributed by atoms with Crippen LogP contribution in [0.4, 0.5) is 5.82 Å². The number of rotatable bonds is 3. The van der Waals surface area contributed by atoms with E-state index >= 15 is 0 Å². The monoisotopic (exact) mass is 340 g/mol. The molecule has 1 aliphatic rings. The molecule has 102 valence electrons. The second-order valence-corrected chi connectivity index (χ2v) is 6.77. The number of thioether (sulfide) groups is 1. The van der Waals surface area contributed by atoms with E-state index in [1.807, 2.05) is 34.8 Å². The molecule has 19 heavy (non-hydrogen) atoms. The van der Waals surface area contributed by atoms with E-state index < -0.39 is 0 Å². The molecule has 0 amide bonds. The molecule has 0 bridgehead atoms. The minimum absolute atomic E-state index is 0.492. The number of anilines is 1. The second-order valence-electron chi connectivity index (χ2n) is 4.88. The Morgan fingerprint density at radius 1 is 1.42 bits per heavy atom. The fourth-order valence-electron chi connectivity index (χ4n) is 2.72. The van der Waals surface area contributed by atoms with Gasteiger partial charge < -0.3 is 9.72 Å². The van der Waals surface area contributed by atoms with E-state index in [9.17, 15) is 0 Å². The van der Waals surface area contributed by atoms with Gasteiger partial charge in [0.15, 0.2) is 11.5 Å². The first-order valence-electron chi connectivity index (χ1n) is 6.56. The van der Waals surface area contributed by atoms with Crippen LogP contribution in [0, 0.1) is 0 Å². The molecule has 1 fully saturated rings. The van der Waals surface area contributed by atoms with Gasteiger partial charge in [-0.2, -0.15) is 11.8 Å². The van der Waals surface area contributed by atoms with E-state index in [-0.39, 0.29) is 0 Å². The van der Waals surface area contributed by atoms with Gasteiger partial charge in [-0.1, -0.05) is 12.8 Å². The van der Waals surface area contributed by atoms with Crippen LogP contribution in [0.25, 0.3) is 5.65 Å². The van der Waals surface area contributed by atoms with Gasteiger partial charge in [-0.3, -0.25) is 0 Å². The first kappa shape index (κ1) is 13.2. The molecule has 1 N–H and O–H groups in total. The van der Waals surface area contributed by atoms with Crippen molar-refractivity contribution in [2.75, 3.05) is 11.6 Å². The fourth-order valence-corrected chi connectivity index (χ4v) is 4.05. The minimum atomic E-state index is 0.492. The van der Waals surface area contributed by atoms with Crippen molar-refractivity contribution in [3.63, 3.8) is 0 Å².